The third kappa shape index (κ3) is 3.92. The van der Waals surface area contributed by atoms with Crippen LogP contribution in [0.15, 0.2) is 9.95 Å². The maximum Gasteiger partial charge on any atom is 0.343 e. The van der Waals surface area contributed by atoms with E-state index in [1.54, 1.807) is 27.7 Å². The standard InChI is InChI=1S/C17H24N4O4S/c1-6-8-21-16(24)19-20-17(21)26-11(5)14(22)13-9(3)12(10(4)18-13)15(23)25-7-2/h11,18H,6-8H2,1-5H3,(H,19,24). The zero-order chi connectivity index (χ0) is 19.4. The molecule has 9 heteroatoms. The van der Waals surface area contributed by atoms with Crippen LogP contribution in [0.4, 0.5) is 0 Å². The Morgan fingerprint density at radius 2 is 2.00 bits per heavy atom. The number of aromatic amines is 2. The quantitative estimate of drug-likeness (QED) is 0.414. The topological polar surface area (TPSA) is 110 Å². The van der Waals surface area contributed by atoms with E-state index in [0.29, 0.717) is 34.2 Å². The van der Waals surface area contributed by atoms with Crippen LogP contribution in [-0.2, 0) is 11.3 Å². The van der Waals surface area contributed by atoms with Crippen molar-refractivity contribution in [3.8, 4) is 0 Å². The van der Waals surface area contributed by atoms with Crippen molar-refractivity contribution in [1.29, 1.82) is 0 Å². The molecule has 1 atom stereocenters. The highest BCUT2D eigenvalue weighted by molar-refractivity contribution is 8.00. The number of hydrogen-bond acceptors (Lipinski definition) is 6. The number of ketones is 1. The van der Waals surface area contributed by atoms with Crippen LogP contribution in [0.25, 0.3) is 0 Å². The first-order valence-electron chi connectivity index (χ1n) is 8.54. The maximum absolute atomic E-state index is 12.9. The van der Waals surface area contributed by atoms with Crippen LogP contribution in [0, 0.1) is 13.8 Å². The second kappa shape index (κ2) is 8.39. The molecule has 0 saturated heterocycles. The van der Waals surface area contributed by atoms with Crippen LogP contribution >= 0.6 is 11.8 Å². The fourth-order valence-electron chi connectivity index (χ4n) is 2.73. The van der Waals surface area contributed by atoms with Gasteiger partial charge in [0, 0.05) is 12.2 Å². The highest BCUT2D eigenvalue weighted by Gasteiger charge is 2.27. The first-order chi connectivity index (χ1) is 12.3. The lowest BCUT2D eigenvalue weighted by Gasteiger charge is -2.10. The van der Waals surface area contributed by atoms with Gasteiger partial charge in [-0.05, 0) is 39.7 Å². The van der Waals surface area contributed by atoms with Gasteiger partial charge in [-0.15, -0.1) is 5.10 Å². The number of carbonyl (C=O) groups is 2. The summed E-state index contributed by atoms with van der Waals surface area (Å²) in [6.07, 6.45) is 0.785. The lowest BCUT2D eigenvalue weighted by molar-refractivity contribution is 0.0525. The minimum absolute atomic E-state index is 0.162. The van der Waals surface area contributed by atoms with Crippen molar-refractivity contribution in [1.82, 2.24) is 19.7 Å². The van der Waals surface area contributed by atoms with E-state index in [9.17, 15) is 14.4 Å². The summed E-state index contributed by atoms with van der Waals surface area (Å²) in [7, 11) is 0. The van der Waals surface area contributed by atoms with E-state index in [2.05, 4.69) is 15.2 Å². The van der Waals surface area contributed by atoms with E-state index in [4.69, 9.17) is 4.74 Å². The Balaban J connectivity index is 2.25. The second-order valence-corrected chi connectivity index (χ2v) is 7.24. The Morgan fingerprint density at radius 1 is 1.31 bits per heavy atom. The van der Waals surface area contributed by atoms with Crippen LogP contribution in [-0.4, -0.2) is 43.4 Å². The van der Waals surface area contributed by atoms with E-state index in [-0.39, 0.29) is 18.1 Å². The lowest BCUT2D eigenvalue weighted by atomic mass is 10.1. The zero-order valence-corrected chi connectivity index (χ0v) is 16.5. The molecule has 8 nitrogen and oxygen atoms in total. The summed E-state index contributed by atoms with van der Waals surface area (Å²) in [6.45, 7) is 9.72. The highest BCUT2D eigenvalue weighted by Crippen LogP contribution is 2.26. The van der Waals surface area contributed by atoms with Gasteiger partial charge in [-0.25, -0.2) is 14.7 Å². The summed E-state index contributed by atoms with van der Waals surface area (Å²) in [4.78, 5) is 39.7. The number of Topliss-reactive ketones (excluding diaryl/α,β-unsaturated/α-hetero) is 1. The van der Waals surface area contributed by atoms with Crippen LogP contribution in [0.3, 0.4) is 0 Å². The normalized spacial score (nSPS) is 12.2. The number of carbonyl (C=O) groups excluding carboxylic acids is 2. The first kappa shape index (κ1) is 20.0. The molecular weight excluding hydrogens is 356 g/mol. The molecule has 2 N–H and O–H groups in total. The van der Waals surface area contributed by atoms with E-state index < -0.39 is 11.2 Å². The molecule has 0 fully saturated rings. The van der Waals surface area contributed by atoms with Crippen LogP contribution in [0.5, 0.6) is 0 Å². The lowest BCUT2D eigenvalue weighted by Crippen LogP contribution is -2.20. The molecule has 2 aromatic rings. The predicted molar refractivity (Wildman–Crippen MR) is 99.0 cm³/mol. The van der Waals surface area contributed by atoms with Crippen molar-refractivity contribution < 1.29 is 14.3 Å². The van der Waals surface area contributed by atoms with E-state index in [0.717, 1.165) is 6.42 Å². The van der Waals surface area contributed by atoms with Gasteiger partial charge in [0.1, 0.15) is 0 Å². The fraction of sp³-hybridized carbons (Fsp3) is 0.529. The first-order valence-corrected chi connectivity index (χ1v) is 9.42. The van der Waals surface area contributed by atoms with Gasteiger partial charge in [0.2, 0.25) is 0 Å². The SMILES string of the molecule is CCCn1c(SC(C)C(=O)c2[nH]c(C)c(C(=O)OCC)c2C)n[nH]c1=O. The number of aryl methyl sites for hydroxylation is 1. The number of rotatable bonds is 8. The van der Waals surface area contributed by atoms with Crippen molar-refractivity contribution in [2.75, 3.05) is 6.61 Å². The monoisotopic (exact) mass is 380 g/mol. The van der Waals surface area contributed by atoms with Gasteiger partial charge < -0.3 is 9.72 Å². The Kier molecular flexibility index (Phi) is 6.47. The minimum Gasteiger partial charge on any atom is -0.462 e. The molecule has 2 heterocycles. The number of ether oxygens (including phenoxy) is 1. The zero-order valence-electron chi connectivity index (χ0n) is 15.6. The average molecular weight is 380 g/mol. The summed E-state index contributed by atoms with van der Waals surface area (Å²) in [6, 6.07) is 0. The molecule has 0 bridgehead atoms. The second-order valence-electron chi connectivity index (χ2n) is 5.93. The Labute approximate surface area is 155 Å². The van der Waals surface area contributed by atoms with E-state index in [1.807, 2.05) is 6.92 Å². The van der Waals surface area contributed by atoms with Crippen molar-refractivity contribution in [3.05, 3.63) is 33.0 Å². The predicted octanol–water partition coefficient (Wildman–Crippen LogP) is 2.47. The van der Waals surface area contributed by atoms with Crippen molar-refractivity contribution in [3.63, 3.8) is 0 Å². The molecule has 142 valence electrons. The number of aromatic nitrogens is 4. The van der Waals surface area contributed by atoms with Crippen molar-refractivity contribution in [2.24, 2.45) is 0 Å². The van der Waals surface area contributed by atoms with Crippen LogP contribution < -0.4 is 5.69 Å². The molecule has 0 aromatic carbocycles. The summed E-state index contributed by atoms with van der Waals surface area (Å²) in [5.74, 6) is -0.605. The van der Waals surface area contributed by atoms with Gasteiger partial charge in [-0.2, -0.15) is 0 Å². The van der Waals surface area contributed by atoms with E-state index >= 15 is 0 Å². The third-order valence-corrected chi connectivity index (χ3v) is 5.08. The number of thioether (sulfide) groups is 1. The Morgan fingerprint density at radius 3 is 2.62 bits per heavy atom. The summed E-state index contributed by atoms with van der Waals surface area (Å²) in [5.41, 5.74) is 1.67. The number of H-pyrrole nitrogens is 2. The average Bonchev–Trinajstić information content (AvgIpc) is 3.08. The maximum atomic E-state index is 12.9. The van der Waals surface area contributed by atoms with Gasteiger partial charge in [-0.3, -0.25) is 9.36 Å². The molecule has 0 aliphatic carbocycles. The van der Waals surface area contributed by atoms with Crippen LogP contribution in [0.2, 0.25) is 0 Å². The fourth-order valence-corrected chi connectivity index (χ4v) is 3.68. The molecule has 0 saturated carbocycles. The van der Waals surface area contributed by atoms with Crippen LogP contribution in [0.1, 0.15) is 59.3 Å². The molecule has 2 rings (SSSR count). The molecule has 0 amide bonds. The Bertz CT molecular complexity index is 865. The molecule has 0 aliphatic heterocycles. The van der Waals surface area contributed by atoms with Gasteiger partial charge in [0.05, 0.1) is 23.1 Å². The van der Waals surface area contributed by atoms with Gasteiger partial charge in [0.25, 0.3) is 0 Å². The summed E-state index contributed by atoms with van der Waals surface area (Å²) in [5, 5.41) is 6.41. The van der Waals surface area contributed by atoms with Gasteiger partial charge in [0.15, 0.2) is 10.9 Å². The molecule has 2 aromatic heterocycles. The van der Waals surface area contributed by atoms with Crippen molar-refractivity contribution >= 4 is 23.5 Å². The number of nitrogens with one attached hydrogen (secondary N) is 2. The summed E-state index contributed by atoms with van der Waals surface area (Å²) >= 11 is 1.21. The number of hydrogen-bond donors (Lipinski definition) is 2. The Hall–Kier alpha value is -2.29. The minimum atomic E-state index is -0.479. The smallest absolute Gasteiger partial charge is 0.343 e. The van der Waals surface area contributed by atoms with E-state index in [1.165, 1.54) is 16.3 Å². The number of esters is 1. The highest BCUT2D eigenvalue weighted by atomic mass is 32.2. The van der Waals surface area contributed by atoms with Crippen molar-refractivity contribution in [2.45, 2.75) is 58.0 Å². The molecule has 0 spiro atoms. The van der Waals surface area contributed by atoms with Gasteiger partial charge >= 0.3 is 11.7 Å². The van der Waals surface area contributed by atoms with Gasteiger partial charge in [-0.1, -0.05) is 18.7 Å². The summed E-state index contributed by atoms with van der Waals surface area (Å²) < 4.78 is 6.58. The molecule has 0 radical (unpaired) electrons. The molecule has 1 unspecified atom stereocenters. The molecule has 0 aliphatic rings. The molecule has 26 heavy (non-hydrogen) atoms. The number of nitrogens with zero attached hydrogens (tertiary/aromatic N) is 2. The largest absolute Gasteiger partial charge is 0.462 e. The third-order valence-electron chi connectivity index (χ3n) is 3.99. The molecular formula is C17H24N4O4S.